The Labute approximate surface area is 211 Å². The number of benzene rings is 2. The van der Waals surface area contributed by atoms with Crippen molar-refractivity contribution in [2.24, 2.45) is 0 Å². The largest absolute Gasteiger partial charge is 0.366 e. The number of carbonyl (C=O) groups is 2. The van der Waals surface area contributed by atoms with Crippen LogP contribution < -0.4 is 15.5 Å². The molecule has 9 heteroatoms. The third kappa shape index (κ3) is 5.69. The minimum atomic E-state index is -0.705. The van der Waals surface area contributed by atoms with Gasteiger partial charge in [-0.15, -0.1) is 0 Å². The van der Waals surface area contributed by atoms with Crippen molar-refractivity contribution in [2.45, 2.75) is 18.3 Å². The van der Waals surface area contributed by atoms with Crippen molar-refractivity contribution in [3.05, 3.63) is 59.1 Å². The molecule has 0 aliphatic carbocycles. The summed E-state index contributed by atoms with van der Waals surface area (Å²) in [5.41, 5.74) is 1.57. The zero-order chi connectivity index (χ0) is 24.8. The Kier molecular flexibility index (Phi) is 7.79. The minimum Gasteiger partial charge on any atom is -0.366 e. The molecule has 2 radical (unpaired) electrons. The highest BCUT2D eigenvalue weighted by atomic mass is 35.5. The van der Waals surface area contributed by atoms with E-state index in [1.807, 2.05) is 30.3 Å². The van der Waals surface area contributed by atoms with Gasteiger partial charge < -0.3 is 14.7 Å². The Balaban J connectivity index is 1.31. The molecule has 0 atom stereocenters. The van der Waals surface area contributed by atoms with Crippen LogP contribution in [0.4, 0.5) is 16.2 Å². The van der Waals surface area contributed by atoms with E-state index in [0.717, 1.165) is 37.4 Å². The fourth-order valence-electron chi connectivity index (χ4n) is 4.67. The lowest BCUT2D eigenvalue weighted by Gasteiger charge is -2.37. The van der Waals surface area contributed by atoms with E-state index in [-0.39, 0.29) is 12.5 Å². The van der Waals surface area contributed by atoms with Gasteiger partial charge in [0.25, 0.3) is 0 Å². The number of urea groups is 1. The molecule has 2 aliphatic heterocycles. The lowest BCUT2D eigenvalue weighted by molar-refractivity contribution is -0.131. The van der Waals surface area contributed by atoms with Gasteiger partial charge in [0.1, 0.15) is 6.54 Å². The lowest BCUT2D eigenvalue weighted by Crippen LogP contribution is -2.47. The summed E-state index contributed by atoms with van der Waals surface area (Å²) < 4.78 is 0. The van der Waals surface area contributed by atoms with Gasteiger partial charge in [-0.2, -0.15) is 10.6 Å². The fourth-order valence-corrected chi connectivity index (χ4v) is 4.96. The number of anilines is 1. The van der Waals surface area contributed by atoms with E-state index < -0.39 is 11.4 Å². The first-order valence-corrected chi connectivity index (χ1v) is 12.2. The van der Waals surface area contributed by atoms with Gasteiger partial charge in [0, 0.05) is 39.3 Å². The van der Waals surface area contributed by atoms with E-state index in [0.29, 0.717) is 36.6 Å². The summed E-state index contributed by atoms with van der Waals surface area (Å²) in [5.74, 6) is -0.237. The summed E-state index contributed by atoms with van der Waals surface area (Å²) in [6.45, 7) is 3.99. The van der Waals surface area contributed by atoms with E-state index in [2.05, 4.69) is 33.6 Å². The van der Waals surface area contributed by atoms with E-state index >= 15 is 0 Å². The fraction of sp³-hybridized carbons (Fsp3) is 0.423. The smallest absolute Gasteiger partial charge is 0.363 e. The Morgan fingerprint density at radius 1 is 1.00 bits per heavy atom. The van der Waals surface area contributed by atoms with E-state index in [9.17, 15) is 14.9 Å². The van der Waals surface area contributed by atoms with Crippen LogP contribution in [0.1, 0.15) is 18.4 Å². The lowest BCUT2D eigenvalue weighted by atomic mass is 9.74. The number of likely N-dealkylation sites (N-methyl/N-ethyl adjacent to an activating group) is 1. The average Bonchev–Trinajstić information content (AvgIpc) is 2.89. The van der Waals surface area contributed by atoms with Crippen LogP contribution in [0.25, 0.3) is 0 Å². The first kappa shape index (κ1) is 24.8. The maximum absolute atomic E-state index is 12.7. The molecule has 2 aromatic rings. The zero-order valence-corrected chi connectivity index (χ0v) is 20.6. The molecule has 2 fully saturated rings. The monoisotopic (exact) mass is 492 g/mol. The number of hydrogen-bond donors (Lipinski definition) is 0. The van der Waals surface area contributed by atoms with Gasteiger partial charge in [0.2, 0.25) is 5.91 Å². The molecule has 3 amide bonds. The third-order valence-electron chi connectivity index (χ3n) is 6.86. The van der Waals surface area contributed by atoms with Gasteiger partial charge in [-0.05, 0) is 37.6 Å². The second-order valence-corrected chi connectivity index (χ2v) is 9.46. The van der Waals surface area contributed by atoms with Gasteiger partial charge in [0.05, 0.1) is 27.9 Å². The summed E-state index contributed by atoms with van der Waals surface area (Å²) >= 11 is 6.45. The van der Waals surface area contributed by atoms with Gasteiger partial charge in [-0.1, -0.05) is 48.0 Å². The normalized spacial score (nSPS) is 18.0. The van der Waals surface area contributed by atoms with Crippen LogP contribution in [0.15, 0.2) is 48.5 Å². The number of amides is 3. The maximum atomic E-state index is 12.7. The zero-order valence-electron chi connectivity index (χ0n) is 19.9. The Morgan fingerprint density at radius 3 is 2.34 bits per heavy atom. The van der Waals surface area contributed by atoms with Crippen molar-refractivity contribution in [2.75, 3.05) is 57.8 Å². The summed E-state index contributed by atoms with van der Waals surface area (Å²) in [6, 6.07) is 16.7. The summed E-state index contributed by atoms with van der Waals surface area (Å²) in [5, 5.41) is 18.4. The number of nitrogens with zero attached hydrogens (tertiary/aromatic N) is 6. The summed E-state index contributed by atoms with van der Waals surface area (Å²) in [6.07, 6.45) is 1.10. The van der Waals surface area contributed by atoms with Crippen molar-refractivity contribution >= 4 is 34.9 Å². The topological polar surface area (TPSA) is 95.8 Å². The third-order valence-corrected chi connectivity index (χ3v) is 7.17. The molecular weight excluding hydrogens is 464 g/mol. The highest BCUT2D eigenvalue weighted by Crippen LogP contribution is 2.36. The maximum Gasteiger partial charge on any atom is 0.363 e. The molecular formula is C26H29ClN6O2. The van der Waals surface area contributed by atoms with Gasteiger partial charge in [-0.3, -0.25) is 4.79 Å². The molecule has 0 saturated carbocycles. The number of piperazine rings is 1. The number of piperidine rings is 1. The van der Waals surface area contributed by atoms with Crippen LogP contribution in [-0.2, 0) is 10.2 Å². The molecule has 0 aromatic heterocycles. The molecule has 35 heavy (non-hydrogen) atoms. The van der Waals surface area contributed by atoms with Crippen LogP contribution >= 0.6 is 11.6 Å². The highest BCUT2D eigenvalue weighted by molar-refractivity contribution is 6.34. The molecule has 2 aromatic carbocycles. The number of likely N-dealkylation sites (tertiary alicyclic amines) is 1. The molecule has 182 valence electrons. The van der Waals surface area contributed by atoms with Crippen molar-refractivity contribution in [1.82, 2.24) is 20.4 Å². The Morgan fingerprint density at radius 2 is 1.69 bits per heavy atom. The molecule has 0 bridgehead atoms. The van der Waals surface area contributed by atoms with Crippen LogP contribution in [0.5, 0.6) is 0 Å². The van der Waals surface area contributed by atoms with Gasteiger partial charge in [0.15, 0.2) is 0 Å². The summed E-state index contributed by atoms with van der Waals surface area (Å²) in [7, 11) is 2.07. The van der Waals surface area contributed by atoms with E-state index in [4.69, 9.17) is 11.6 Å². The van der Waals surface area contributed by atoms with Crippen molar-refractivity contribution in [3.63, 3.8) is 0 Å². The molecule has 2 saturated heterocycles. The molecule has 0 spiro atoms. The molecule has 4 rings (SSSR count). The van der Waals surface area contributed by atoms with Crippen LogP contribution in [0.3, 0.4) is 0 Å². The first-order chi connectivity index (χ1) is 16.9. The Hall–Kier alpha value is -3.28. The number of nitriles is 1. The average molecular weight is 493 g/mol. The summed E-state index contributed by atoms with van der Waals surface area (Å²) in [4.78, 5) is 31.3. The van der Waals surface area contributed by atoms with Crippen molar-refractivity contribution in [3.8, 4) is 6.07 Å². The van der Waals surface area contributed by atoms with E-state index in [1.54, 1.807) is 23.1 Å². The van der Waals surface area contributed by atoms with Crippen LogP contribution in [-0.4, -0.2) is 74.6 Å². The first-order valence-electron chi connectivity index (χ1n) is 11.8. The molecule has 2 heterocycles. The standard InChI is InChI=1S/C26H29ClN6O2/c1-31-14-16-33(17-15-31)24-21(27)8-5-9-22(24)30-25(35)29-18-23(34)32-12-10-26(19-28,11-13-32)20-6-3-2-4-7-20/h2-9H,10-18H2,1H3. The molecule has 0 N–H and O–H groups in total. The number of para-hydroxylation sites is 1. The second kappa shape index (κ2) is 11.0. The van der Waals surface area contributed by atoms with Crippen molar-refractivity contribution in [1.29, 1.82) is 5.26 Å². The molecule has 2 aliphatic rings. The molecule has 0 unspecified atom stereocenters. The number of rotatable bonds is 5. The number of carbonyl (C=O) groups excluding carboxylic acids is 2. The van der Waals surface area contributed by atoms with Crippen LogP contribution in [0.2, 0.25) is 5.02 Å². The minimum absolute atomic E-state index is 0.237. The van der Waals surface area contributed by atoms with Gasteiger partial charge in [-0.25, -0.2) is 10.1 Å². The Bertz CT molecular complexity index is 1090. The number of hydrogen-bond acceptors (Lipinski definition) is 5. The highest BCUT2D eigenvalue weighted by Gasteiger charge is 2.37. The quantitative estimate of drug-likeness (QED) is 0.639. The SMILES string of the molecule is CN1CCN(c2c(Cl)cccc2[N]C(=O)[N]CC(=O)N2CCC(C#N)(c3ccccc3)CC2)CC1. The van der Waals surface area contributed by atoms with Gasteiger partial charge >= 0.3 is 6.03 Å². The van der Waals surface area contributed by atoms with Crippen molar-refractivity contribution < 1.29 is 9.59 Å². The predicted octanol–water partition coefficient (Wildman–Crippen LogP) is 3.14. The van der Waals surface area contributed by atoms with Crippen LogP contribution in [0, 0.1) is 11.3 Å². The predicted molar refractivity (Wildman–Crippen MR) is 135 cm³/mol. The second-order valence-electron chi connectivity index (χ2n) is 9.05. The number of halogens is 1. The van der Waals surface area contributed by atoms with E-state index in [1.165, 1.54) is 0 Å². The molecule has 8 nitrogen and oxygen atoms in total.